The SMILES string of the molecule is NC(=O)NC(=O)CCN1CCN(c2ccc(O)cc2)CC1. The quantitative estimate of drug-likeness (QED) is 0.731. The van der Waals surface area contributed by atoms with Crippen LogP contribution in [-0.2, 0) is 4.79 Å². The van der Waals surface area contributed by atoms with Gasteiger partial charge in [-0.15, -0.1) is 0 Å². The van der Waals surface area contributed by atoms with E-state index in [0.29, 0.717) is 6.54 Å². The zero-order valence-electron chi connectivity index (χ0n) is 11.8. The minimum atomic E-state index is -0.808. The van der Waals surface area contributed by atoms with Gasteiger partial charge < -0.3 is 15.7 Å². The number of piperazine rings is 1. The Balaban J connectivity index is 1.74. The summed E-state index contributed by atoms with van der Waals surface area (Å²) < 4.78 is 0. The van der Waals surface area contributed by atoms with Gasteiger partial charge in [-0.2, -0.15) is 0 Å². The molecule has 0 saturated carbocycles. The van der Waals surface area contributed by atoms with Crippen molar-refractivity contribution < 1.29 is 14.7 Å². The number of amides is 3. The summed E-state index contributed by atoms with van der Waals surface area (Å²) >= 11 is 0. The molecule has 0 aliphatic carbocycles. The Bertz CT molecular complexity index is 495. The highest BCUT2D eigenvalue weighted by Gasteiger charge is 2.18. The van der Waals surface area contributed by atoms with Gasteiger partial charge in [0.1, 0.15) is 5.75 Å². The summed E-state index contributed by atoms with van der Waals surface area (Å²) in [6, 6.07) is 6.33. The maximum absolute atomic E-state index is 11.3. The zero-order valence-corrected chi connectivity index (χ0v) is 11.8. The maximum atomic E-state index is 11.3. The van der Waals surface area contributed by atoms with Gasteiger partial charge in [-0.1, -0.05) is 0 Å². The lowest BCUT2D eigenvalue weighted by atomic mass is 10.2. The van der Waals surface area contributed by atoms with E-state index < -0.39 is 6.03 Å². The fourth-order valence-electron chi connectivity index (χ4n) is 2.35. The number of phenols is 1. The lowest BCUT2D eigenvalue weighted by Crippen LogP contribution is -2.47. The number of carbonyl (C=O) groups is 2. The van der Waals surface area contributed by atoms with Crippen LogP contribution in [0.15, 0.2) is 24.3 Å². The first kappa shape index (κ1) is 15.1. The van der Waals surface area contributed by atoms with Crippen LogP contribution in [0.5, 0.6) is 5.75 Å². The largest absolute Gasteiger partial charge is 0.508 e. The van der Waals surface area contributed by atoms with Crippen LogP contribution in [0.2, 0.25) is 0 Å². The molecule has 21 heavy (non-hydrogen) atoms. The second-order valence-corrected chi connectivity index (χ2v) is 5.01. The first-order valence-corrected chi connectivity index (χ1v) is 6.90. The topological polar surface area (TPSA) is 98.9 Å². The van der Waals surface area contributed by atoms with Crippen molar-refractivity contribution in [1.82, 2.24) is 10.2 Å². The molecule has 4 N–H and O–H groups in total. The van der Waals surface area contributed by atoms with Crippen LogP contribution in [0.3, 0.4) is 0 Å². The molecule has 1 aromatic carbocycles. The van der Waals surface area contributed by atoms with Crippen molar-refractivity contribution in [3.05, 3.63) is 24.3 Å². The minimum Gasteiger partial charge on any atom is -0.508 e. The number of carbonyl (C=O) groups excluding carboxylic acids is 2. The first-order valence-electron chi connectivity index (χ1n) is 6.90. The number of hydrogen-bond donors (Lipinski definition) is 3. The lowest BCUT2D eigenvalue weighted by Gasteiger charge is -2.36. The molecule has 1 heterocycles. The van der Waals surface area contributed by atoms with Gasteiger partial charge >= 0.3 is 6.03 Å². The predicted molar refractivity (Wildman–Crippen MR) is 79.1 cm³/mol. The molecule has 3 amide bonds. The molecule has 0 spiro atoms. The summed E-state index contributed by atoms with van der Waals surface area (Å²) in [7, 11) is 0. The van der Waals surface area contributed by atoms with Crippen LogP contribution >= 0.6 is 0 Å². The molecule has 0 unspecified atom stereocenters. The number of rotatable bonds is 4. The van der Waals surface area contributed by atoms with Crippen LogP contribution in [0, 0.1) is 0 Å². The van der Waals surface area contributed by atoms with Crippen LogP contribution in [0.25, 0.3) is 0 Å². The molecular weight excluding hydrogens is 272 g/mol. The number of urea groups is 1. The Morgan fingerprint density at radius 3 is 2.33 bits per heavy atom. The van der Waals surface area contributed by atoms with Crippen LogP contribution < -0.4 is 16.0 Å². The summed E-state index contributed by atoms with van der Waals surface area (Å²) in [5, 5.41) is 11.3. The van der Waals surface area contributed by atoms with Crippen LogP contribution in [0.4, 0.5) is 10.5 Å². The molecule has 1 aliphatic heterocycles. The minimum absolute atomic E-state index is 0.262. The number of phenolic OH excluding ortho intramolecular Hbond substituents is 1. The number of aromatic hydroxyl groups is 1. The number of nitrogens with zero attached hydrogens (tertiary/aromatic N) is 2. The van der Waals surface area contributed by atoms with E-state index in [-0.39, 0.29) is 18.1 Å². The highest BCUT2D eigenvalue weighted by molar-refractivity contribution is 5.93. The second kappa shape index (κ2) is 6.94. The summed E-state index contributed by atoms with van der Waals surface area (Å²) in [5.74, 6) is -0.0821. The number of imide groups is 1. The van der Waals surface area contributed by atoms with Crippen molar-refractivity contribution in [2.24, 2.45) is 5.73 Å². The van der Waals surface area contributed by atoms with Gasteiger partial charge in [0.25, 0.3) is 0 Å². The average molecular weight is 292 g/mol. The summed E-state index contributed by atoms with van der Waals surface area (Å²) in [4.78, 5) is 26.3. The standard InChI is InChI=1S/C14H20N4O3/c15-14(21)16-13(20)5-6-17-7-9-18(10-8-17)11-1-3-12(19)4-2-11/h1-4,19H,5-10H2,(H3,15,16,20,21). The molecule has 114 valence electrons. The average Bonchev–Trinajstić information content (AvgIpc) is 2.46. The third kappa shape index (κ3) is 4.64. The van der Waals surface area contributed by atoms with Crippen LogP contribution in [0.1, 0.15) is 6.42 Å². The highest BCUT2D eigenvalue weighted by Crippen LogP contribution is 2.19. The smallest absolute Gasteiger partial charge is 0.318 e. The Labute approximate surface area is 123 Å². The summed E-state index contributed by atoms with van der Waals surface area (Å²) in [6.45, 7) is 4.04. The molecule has 1 saturated heterocycles. The van der Waals surface area contributed by atoms with Gasteiger partial charge in [-0.3, -0.25) is 15.0 Å². The molecule has 0 radical (unpaired) electrons. The monoisotopic (exact) mass is 292 g/mol. The maximum Gasteiger partial charge on any atom is 0.318 e. The van der Waals surface area contributed by atoms with Crippen molar-refractivity contribution >= 4 is 17.6 Å². The molecule has 0 aromatic heterocycles. The van der Waals surface area contributed by atoms with E-state index in [2.05, 4.69) is 15.1 Å². The van der Waals surface area contributed by atoms with Crippen molar-refractivity contribution in [3.8, 4) is 5.75 Å². The van der Waals surface area contributed by atoms with E-state index >= 15 is 0 Å². The Morgan fingerprint density at radius 2 is 1.76 bits per heavy atom. The van der Waals surface area contributed by atoms with E-state index in [1.807, 2.05) is 12.1 Å². The van der Waals surface area contributed by atoms with E-state index in [0.717, 1.165) is 31.9 Å². The van der Waals surface area contributed by atoms with Crippen LogP contribution in [-0.4, -0.2) is 54.7 Å². The third-order valence-electron chi connectivity index (χ3n) is 3.50. The number of anilines is 1. The van der Waals surface area contributed by atoms with Gasteiger partial charge in [-0.25, -0.2) is 4.79 Å². The number of nitrogens with two attached hydrogens (primary N) is 1. The third-order valence-corrected chi connectivity index (χ3v) is 3.50. The summed E-state index contributed by atoms with van der Waals surface area (Å²) in [6.07, 6.45) is 0.266. The van der Waals surface area contributed by atoms with Gasteiger partial charge in [-0.05, 0) is 24.3 Å². The van der Waals surface area contributed by atoms with Gasteiger partial charge in [0.2, 0.25) is 5.91 Å². The molecule has 7 nitrogen and oxygen atoms in total. The Morgan fingerprint density at radius 1 is 1.14 bits per heavy atom. The van der Waals surface area contributed by atoms with Crippen molar-refractivity contribution in [2.75, 3.05) is 37.6 Å². The second-order valence-electron chi connectivity index (χ2n) is 5.01. The number of primary amides is 1. The molecule has 2 rings (SSSR count). The van der Waals surface area contributed by atoms with Gasteiger partial charge in [0.15, 0.2) is 0 Å². The molecule has 0 bridgehead atoms. The van der Waals surface area contributed by atoms with E-state index in [4.69, 9.17) is 5.73 Å². The fourth-order valence-corrected chi connectivity index (χ4v) is 2.35. The molecule has 7 heteroatoms. The predicted octanol–water partition coefficient (Wildman–Crippen LogP) is 0.0992. The Kier molecular flexibility index (Phi) is 4.99. The van der Waals surface area contributed by atoms with Crippen molar-refractivity contribution in [3.63, 3.8) is 0 Å². The highest BCUT2D eigenvalue weighted by atomic mass is 16.3. The van der Waals surface area contributed by atoms with Crippen molar-refractivity contribution in [1.29, 1.82) is 0 Å². The first-order chi connectivity index (χ1) is 10.0. The van der Waals surface area contributed by atoms with Crippen molar-refractivity contribution in [2.45, 2.75) is 6.42 Å². The fraction of sp³-hybridized carbons (Fsp3) is 0.429. The lowest BCUT2D eigenvalue weighted by molar-refractivity contribution is -0.120. The molecule has 0 atom stereocenters. The zero-order chi connectivity index (χ0) is 15.2. The molecular formula is C14H20N4O3. The molecule has 1 aliphatic rings. The van der Waals surface area contributed by atoms with E-state index in [9.17, 15) is 14.7 Å². The molecule has 1 fully saturated rings. The number of benzene rings is 1. The Hall–Kier alpha value is -2.28. The van der Waals surface area contributed by atoms with E-state index in [1.165, 1.54) is 0 Å². The summed E-state index contributed by atoms with van der Waals surface area (Å²) in [5.41, 5.74) is 5.97. The number of nitrogens with one attached hydrogen (secondary N) is 1. The number of hydrogen-bond acceptors (Lipinski definition) is 5. The van der Waals surface area contributed by atoms with Gasteiger partial charge in [0.05, 0.1) is 0 Å². The normalized spacial score (nSPS) is 15.7. The molecule has 1 aromatic rings. The van der Waals surface area contributed by atoms with E-state index in [1.54, 1.807) is 12.1 Å². The van der Waals surface area contributed by atoms with Gasteiger partial charge in [0, 0.05) is 44.8 Å².